The Labute approximate surface area is 196 Å². The smallest absolute Gasteiger partial charge is 0.193 e. The average molecular weight is 538 g/mol. The number of methoxy groups -OCH3 is 1. The maximum absolute atomic E-state index is 6.34. The van der Waals surface area contributed by atoms with E-state index in [1.165, 1.54) is 0 Å². The summed E-state index contributed by atoms with van der Waals surface area (Å²) in [4.78, 5) is 6.70. The van der Waals surface area contributed by atoms with E-state index < -0.39 is 0 Å². The minimum atomic E-state index is -0.109. The van der Waals surface area contributed by atoms with Crippen molar-refractivity contribution in [2.45, 2.75) is 24.7 Å². The molecule has 2 aliphatic heterocycles. The van der Waals surface area contributed by atoms with Crippen LogP contribution in [0.2, 0.25) is 5.02 Å². The van der Waals surface area contributed by atoms with Gasteiger partial charge in [0.05, 0.1) is 13.7 Å². The summed E-state index contributed by atoms with van der Waals surface area (Å²) >= 11 is 6.34. The van der Waals surface area contributed by atoms with Crippen LogP contribution >= 0.6 is 35.6 Å². The molecule has 1 unspecified atom stereocenters. The van der Waals surface area contributed by atoms with Crippen LogP contribution in [-0.4, -0.2) is 71.6 Å². The molecule has 0 bridgehead atoms. The number of nitrogens with zero attached hydrogens (tertiary/aromatic N) is 2. The Bertz CT molecular complexity index is 677. The molecule has 1 aromatic rings. The van der Waals surface area contributed by atoms with Crippen molar-refractivity contribution in [1.82, 2.24) is 10.2 Å². The summed E-state index contributed by atoms with van der Waals surface area (Å²) in [7, 11) is 5.63. The molecule has 6 nitrogen and oxygen atoms in total. The topological polar surface area (TPSA) is 55.3 Å². The zero-order chi connectivity index (χ0) is 20.0. The van der Waals surface area contributed by atoms with Gasteiger partial charge in [0.25, 0.3) is 0 Å². The van der Waals surface area contributed by atoms with Crippen LogP contribution in [0.4, 0.5) is 0 Å². The van der Waals surface area contributed by atoms with Crippen molar-refractivity contribution >= 4 is 41.5 Å². The van der Waals surface area contributed by atoms with Gasteiger partial charge in [0.15, 0.2) is 5.96 Å². The summed E-state index contributed by atoms with van der Waals surface area (Å²) in [6, 6.07) is 5.87. The highest BCUT2D eigenvalue weighted by Crippen LogP contribution is 2.40. The molecular formula is C21H33ClIN3O3. The fraction of sp³-hybridized carbons (Fsp3) is 0.667. The molecule has 164 valence electrons. The van der Waals surface area contributed by atoms with E-state index in [0.717, 1.165) is 81.1 Å². The Morgan fingerprint density at radius 2 is 2.07 bits per heavy atom. The number of nitrogens with one attached hydrogen (secondary N) is 1. The van der Waals surface area contributed by atoms with Crippen LogP contribution in [0.3, 0.4) is 0 Å². The first-order valence-electron chi connectivity index (χ1n) is 9.99. The third-order valence-corrected chi connectivity index (χ3v) is 6.13. The fourth-order valence-electron chi connectivity index (χ4n) is 4.23. The van der Waals surface area contributed by atoms with Gasteiger partial charge >= 0.3 is 0 Å². The molecule has 2 saturated heterocycles. The predicted molar refractivity (Wildman–Crippen MR) is 128 cm³/mol. The summed E-state index contributed by atoms with van der Waals surface area (Å²) in [6.07, 6.45) is 2.93. The molecule has 8 heteroatoms. The van der Waals surface area contributed by atoms with Gasteiger partial charge in [-0.1, -0.05) is 11.6 Å². The summed E-state index contributed by atoms with van der Waals surface area (Å²) < 4.78 is 16.8. The van der Waals surface area contributed by atoms with Gasteiger partial charge in [-0.2, -0.15) is 0 Å². The minimum Gasteiger partial charge on any atom is -0.496 e. The van der Waals surface area contributed by atoms with Gasteiger partial charge in [-0.25, -0.2) is 0 Å². The van der Waals surface area contributed by atoms with E-state index in [2.05, 4.69) is 22.3 Å². The Morgan fingerprint density at radius 1 is 1.31 bits per heavy atom. The molecule has 0 spiro atoms. The van der Waals surface area contributed by atoms with Crippen LogP contribution in [0, 0.1) is 5.92 Å². The standard InChI is InChI=1S/C21H32ClN3O3.HI/c1-23-20(25(2)13-16-6-9-28-14-16)24-15-21(7-10-27-11-8-21)18-12-17(22)4-5-19(18)26-3;/h4-5,12,16H,6-11,13-15H2,1-3H3,(H,23,24);1H. The van der Waals surface area contributed by atoms with E-state index >= 15 is 0 Å². The van der Waals surface area contributed by atoms with Crippen LogP contribution in [0.15, 0.2) is 23.2 Å². The first-order valence-corrected chi connectivity index (χ1v) is 10.4. The highest BCUT2D eigenvalue weighted by atomic mass is 127. The lowest BCUT2D eigenvalue weighted by atomic mass is 9.73. The highest BCUT2D eigenvalue weighted by molar-refractivity contribution is 14.0. The second-order valence-corrected chi connectivity index (χ2v) is 8.18. The molecule has 2 fully saturated rings. The van der Waals surface area contributed by atoms with Gasteiger partial charge in [0, 0.05) is 68.9 Å². The third kappa shape index (κ3) is 6.12. The van der Waals surface area contributed by atoms with Crippen molar-refractivity contribution in [3.63, 3.8) is 0 Å². The van der Waals surface area contributed by atoms with E-state index in [4.69, 9.17) is 25.8 Å². The van der Waals surface area contributed by atoms with Crippen molar-refractivity contribution in [2.75, 3.05) is 60.7 Å². The monoisotopic (exact) mass is 537 g/mol. The zero-order valence-corrected chi connectivity index (χ0v) is 20.7. The van der Waals surface area contributed by atoms with Crippen LogP contribution in [0.5, 0.6) is 5.75 Å². The number of hydrogen-bond donors (Lipinski definition) is 1. The number of aliphatic imine (C=N–C) groups is 1. The maximum atomic E-state index is 6.34. The summed E-state index contributed by atoms with van der Waals surface area (Å²) in [6.45, 7) is 4.85. The quantitative estimate of drug-likeness (QED) is 0.342. The number of benzene rings is 1. The van der Waals surface area contributed by atoms with Gasteiger partial charge in [0.2, 0.25) is 0 Å². The molecule has 0 amide bonds. The number of guanidine groups is 1. The zero-order valence-electron chi connectivity index (χ0n) is 17.6. The van der Waals surface area contributed by atoms with Crippen molar-refractivity contribution < 1.29 is 14.2 Å². The average Bonchev–Trinajstić information content (AvgIpc) is 3.22. The molecule has 0 aromatic heterocycles. The van der Waals surface area contributed by atoms with Gasteiger partial charge in [-0.15, -0.1) is 24.0 Å². The second kappa shape index (κ2) is 11.6. The van der Waals surface area contributed by atoms with Crippen LogP contribution in [0.1, 0.15) is 24.8 Å². The summed E-state index contributed by atoms with van der Waals surface area (Å²) in [5, 5.41) is 4.33. The Hall–Kier alpha value is -0.770. The lowest BCUT2D eigenvalue weighted by molar-refractivity contribution is 0.0503. The van der Waals surface area contributed by atoms with Gasteiger partial charge < -0.3 is 24.4 Å². The summed E-state index contributed by atoms with van der Waals surface area (Å²) in [5.74, 6) is 2.34. The summed E-state index contributed by atoms with van der Waals surface area (Å²) in [5.41, 5.74) is 1.03. The normalized spacial score (nSPS) is 21.4. The second-order valence-electron chi connectivity index (χ2n) is 7.75. The molecule has 1 atom stereocenters. The largest absolute Gasteiger partial charge is 0.496 e. The molecule has 29 heavy (non-hydrogen) atoms. The Kier molecular flexibility index (Phi) is 9.78. The molecule has 0 aliphatic carbocycles. The Balaban J connectivity index is 0.00000300. The van der Waals surface area contributed by atoms with E-state index in [0.29, 0.717) is 5.92 Å². The van der Waals surface area contributed by atoms with E-state index in [1.54, 1.807) is 7.11 Å². The van der Waals surface area contributed by atoms with Crippen molar-refractivity contribution in [2.24, 2.45) is 10.9 Å². The molecule has 1 aromatic carbocycles. The van der Waals surface area contributed by atoms with Gasteiger partial charge in [-0.3, -0.25) is 4.99 Å². The highest BCUT2D eigenvalue weighted by Gasteiger charge is 2.37. The lowest BCUT2D eigenvalue weighted by Crippen LogP contribution is -2.49. The maximum Gasteiger partial charge on any atom is 0.193 e. The molecule has 3 rings (SSSR count). The van der Waals surface area contributed by atoms with Crippen LogP contribution in [-0.2, 0) is 14.9 Å². The van der Waals surface area contributed by atoms with Gasteiger partial charge in [-0.05, 0) is 37.5 Å². The van der Waals surface area contributed by atoms with E-state index in [1.807, 2.05) is 25.2 Å². The first kappa shape index (κ1) is 24.5. The van der Waals surface area contributed by atoms with Crippen molar-refractivity contribution in [3.8, 4) is 5.75 Å². The van der Waals surface area contributed by atoms with Crippen LogP contribution in [0.25, 0.3) is 0 Å². The number of hydrogen-bond acceptors (Lipinski definition) is 4. The molecule has 0 radical (unpaired) electrons. The number of rotatable bonds is 6. The van der Waals surface area contributed by atoms with E-state index in [-0.39, 0.29) is 29.4 Å². The molecule has 2 aliphatic rings. The van der Waals surface area contributed by atoms with E-state index in [9.17, 15) is 0 Å². The minimum absolute atomic E-state index is 0. The SMILES string of the molecule is CN=C(NCC1(c2cc(Cl)ccc2OC)CCOCC1)N(C)CC1CCOC1.I. The number of halogens is 2. The number of ether oxygens (including phenoxy) is 3. The first-order chi connectivity index (χ1) is 13.6. The van der Waals surface area contributed by atoms with Crippen molar-refractivity contribution in [1.29, 1.82) is 0 Å². The molecular weight excluding hydrogens is 505 g/mol. The molecule has 1 N–H and O–H groups in total. The van der Waals surface area contributed by atoms with Crippen molar-refractivity contribution in [3.05, 3.63) is 28.8 Å². The van der Waals surface area contributed by atoms with Gasteiger partial charge in [0.1, 0.15) is 5.75 Å². The molecule has 0 saturated carbocycles. The third-order valence-electron chi connectivity index (χ3n) is 5.90. The fourth-order valence-corrected chi connectivity index (χ4v) is 4.40. The van der Waals surface area contributed by atoms with Crippen LogP contribution < -0.4 is 10.1 Å². The Morgan fingerprint density at radius 3 is 2.69 bits per heavy atom. The predicted octanol–water partition coefficient (Wildman–Crippen LogP) is 3.56. The lowest BCUT2D eigenvalue weighted by Gasteiger charge is -2.39. The molecule has 2 heterocycles.